The van der Waals surface area contributed by atoms with Gasteiger partial charge >= 0.3 is 11.9 Å². The Labute approximate surface area is 477 Å². The Hall–Kier alpha value is -3.80. The molecule has 4 aliphatic carbocycles. The van der Waals surface area contributed by atoms with Crippen molar-refractivity contribution >= 4 is 23.8 Å². The van der Waals surface area contributed by atoms with Gasteiger partial charge in [-0.05, 0) is 97.0 Å². The summed E-state index contributed by atoms with van der Waals surface area (Å²) in [6.07, 6.45) is -21.9. The van der Waals surface area contributed by atoms with Crippen LogP contribution in [0.15, 0.2) is 42.5 Å². The summed E-state index contributed by atoms with van der Waals surface area (Å²) < 4.78 is 42.4. The number of hydrogen-bond donors (Lipinski definition) is 12. The summed E-state index contributed by atoms with van der Waals surface area (Å²) in [5, 5.41) is 121. The number of carbonyl (C=O) groups excluding carboxylic acids is 3. The smallest absolute Gasteiger partial charge is 0.328 e. The average Bonchev–Trinajstić information content (AvgIpc) is 1.58. The van der Waals surface area contributed by atoms with Gasteiger partial charge in [-0.2, -0.15) is 0 Å². The van der Waals surface area contributed by atoms with Gasteiger partial charge in [-0.1, -0.05) is 78.0 Å². The SMILES string of the molecule is C=C1C[C@@]23CC[C@H]4[C@@](C)(CCC[C@@]4(C)C(=O)N(CCC(C)(C)C)C(CC(=O)O)C(=O)N[C@@H](Cc4ccccc4)C(=O)OC)[C@@H]2CC[C@]1(O[C@@H]1O[C@H](CO)[C@@H](O)[C@H](O[C@@H]2O[C@H](CO)[C@@H](O)[C@H](O)[C@H]2O)[C@H]1O[C@@H]1O[C@H](CO)[C@@H](O)[C@H](O)[C@H]1O)C3. The third kappa shape index (κ3) is 12.4. The van der Waals surface area contributed by atoms with E-state index in [1.54, 1.807) is 24.3 Å². The molecule has 0 aromatic heterocycles. The highest BCUT2D eigenvalue weighted by Gasteiger charge is 2.70. The van der Waals surface area contributed by atoms with E-state index in [0.717, 1.165) is 12.0 Å². The minimum Gasteiger partial charge on any atom is -0.481 e. The van der Waals surface area contributed by atoms with Crippen molar-refractivity contribution in [3.8, 4) is 0 Å². The zero-order chi connectivity index (χ0) is 60.0. The monoisotopic (exact) mass is 1160 g/mol. The fraction of sp³-hybridized carbons (Fsp3) is 0.793. The Kier molecular flexibility index (Phi) is 19.8. The maximum atomic E-state index is 15.9. The third-order valence-corrected chi connectivity index (χ3v) is 19.5. The standard InChI is InChI=1S/C58H88N2O22/c1-29-24-57-18-14-36-55(5,16-11-17-56(36,6)53(75)60(21-20-54(2,3)4)32(23-38(64)65)48(73)59-31(49(74)76-7)22-30-12-9-8-10-13-30)37(57)15-19-58(29,28-57)82-52-47(81-51-45(72)43(70)40(67)34(26-62)78-51)46(41(68)35(27-63)79-52)80-50-44(71)42(69)39(66)33(25-61)77-50/h8-10,12-13,31-37,39-47,50-52,61-63,66-72H,1,11,14-28H2,2-7H3,(H,59,73)(H,64,65)/t31-,32?,33+,34+,35+,36-,37-,39+,40+,41+,42-,43-,44+,45+,46-,47+,50-,51-,52-,55+,56+,57+,58-/m0/s1. The summed E-state index contributed by atoms with van der Waals surface area (Å²) >= 11 is 0. The lowest BCUT2D eigenvalue weighted by atomic mass is 9.40. The van der Waals surface area contributed by atoms with Gasteiger partial charge in [0.1, 0.15) is 85.3 Å². The molecule has 1 aromatic carbocycles. The van der Waals surface area contributed by atoms with Gasteiger partial charge in [0.2, 0.25) is 11.8 Å². The number of benzene rings is 1. The number of nitrogens with zero attached hydrogens (tertiary/aromatic N) is 1. The van der Waals surface area contributed by atoms with Crippen LogP contribution < -0.4 is 5.32 Å². The highest BCUT2D eigenvalue weighted by atomic mass is 16.8. The highest BCUT2D eigenvalue weighted by molar-refractivity contribution is 5.94. The molecule has 24 nitrogen and oxygen atoms in total. The number of hydrogen-bond acceptors (Lipinski definition) is 21. The first-order valence-electron chi connectivity index (χ1n) is 28.8. The average molecular weight is 1170 g/mol. The molecule has 3 heterocycles. The Morgan fingerprint density at radius 3 is 1.87 bits per heavy atom. The van der Waals surface area contributed by atoms with Crippen LogP contribution in [-0.2, 0) is 58.8 Å². The zero-order valence-corrected chi connectivity index (χ0v) is 47.7. The molecule has 12 N–H and O–H groups in total. The number of carbonyl (C=O) groups is 4. The van der Waals surface area contributed by atoms with E-state index in [-0.39, 0.29) is 36.1 Å². The number of esters is 1. The van der Waals surface area contributed by atoms with Crippen molar-refractivity contribution in [3.05, 3.63) is 48.0 Å². The summed E-state index contributed by atoms with van der Waals surface area (Å²) in [6, 6.07) is 6.32. The van der Waals surface area contributed by atoms with E-state index in [4.69, 9.17) is 33.2 Å². The van der Waals surface area contributed by atoms with Crippen molar-refractivity contribution in [3.63, 3.8) is 0 Å². The van der Waals surface area contributed by atoms with Crippen molar-refractivity contribution in [2.75, 3.05) is 33.5 Å². The molecular weight excluding hydrogens is 1080 g/mol. The summed E-state index contributed by atoms with van der Waals surface area (Å²) in [5.74, 6) is -3.42. The summed E-state index contributed by atoms with van der Waals surface area (Å²) in [6.45, 7) is 12.3. The minimum absolute atomic E-state index is 0.0233. The van der Waals surface area contributed by atoms with Crippen molar-refractivity contribution in [1.29, 1.82) is 0 Å². The van der Waals surface area contributed by atoms with Crippen LogP contribution in [0.3, 0.4) is 0 Å². The lowest BCUT2D eigenvalue weighted by Crippen LogP contribution is -2.68. The topological polar surface area (TPSA) is 371 Å². The molecule has 23 atom stereocenters. The number of carboxylic acid groups (broad SMARTS) is 1. The maximum Gasteiger partial charge on any atom is 0.328 e. The molecular formula is C58H88N2O22. The van der Waals surface area contributed by atoms with Gasteiger partial charge in [-0.15, -0.1) is 0 Å². The van der Waals surface area contributed by atoms with Crippen LogP contribution in [0.5, 0.6) is 0 Å². The number of aliphatic carboxylic acids is 1. The first kappa shape index (κ1) is 64.2. The molecule has 2 amide bonds. The molecule has 1 spiro atoms. The van der Waals surface area contributed by atoms with Gasteiger partial charge < -0.3 is 99.5 Å². The molecule has 1 unspecified atom stereocenters. The second-order valence-corrected chi connectivity index (χ2v) is 25.9. The van der Waals surface area contributed by atoms with E-state index < -0.39 is 170 Å². The largest absolute Gasteiger partial charge is 0.481 e. The van der Waals surface area contributed by atoms with Crippen molar-refractivity contribution in [2.24, 2.45) is 33.5 Å². The lowest BCUT2D eigenvalue weighted by molar-refractivity contribution is -0.400. The second kappa shape index (κ2) is 25.3. The van der Waals surface area contributed by atoms with Crippen LogP contribution in [0, 0.1) is 33.5 Å². The van der Waals surface area contributed by atoms with E-state index in [0.29, 0.717) is 63.4 Å². The first-order valence-corrected chi connectivity index (χ1v) is 28.8. The van der Waals surface area contributed by atoms with Crippen LogP contribution in [0.25, 0.3) is 0 Å². The predicted molar refractivity (Wildman–Crippen MR) is 285 cm³/mol. The number of carboxylic acids is 1. The molecule has 3 aliphatic heterocycles. The molecule has 82 heavy (non-hydrogen) atoms. The van der Waals surface area contributed by atoms with Crippen molar-refractivity contribution in [1.82, 2.24) is 10.2 Å². The van der Waals surface area contributed by atoms with Gasteiger partial charge in [-0.25, -0.2) is 4.79 Å². The van der Waals surface area contributed by atoms with Gasteiger partial charge in [0.25, 0.3) is 0 Å². The Balaban J connectivity index is 1.09. The summed E-state index contributed by atoms with van der Waals surface area (Å²) in [4.78, 5) is 57.9. The fourth-order valence-electron chi connectivity index (χ4n) is 15.2. The molecule has 2 bridgehead atoms. The predicted octanol–water partition coefficient (Wildman–Crippen LogP) is -0.448. The molecule has 1 aromatic rings. The van der Waals surface area contributed by atoms with Gasteiger partial charge in [0.15, 0.2) is 18.9 Å². The summed E-state index contributed by atoms with van der Waals surface area (Å²) in [5.41, 5.74) is -2.13. The normalized spacial score (nSPS) is 41.8. The van der Waals surface area contributed by atoms with Gasteiger partial charge in [0.05, 0.1) is 39.0 Å². The summed E-state index contributed by atoms with van der Waals surface area (Å²) in [7, 11) is 1.20. The Bertz CT molecular complexity index is 2410. The Morgan fingerprint density at radius 2 is 1.30 bits per heavy atom. The molecule has 8 rings (SSSR count). The van der Waals surface area contributed by atoms with Crippen LogP contribution >= 0.6 is 0 Å². The van der Waals surface area contributed by atoms with E-state index in [1.165, 1.54) is 12.0 Å². The third-order valence-electron chi connectivity index (χ3n) is 19.5. The van der Waals surface area contributed by atoms with Crippen LogP contribution in [0.2, 0.25) is 0 Å². The zero-order valence-electron chi connectivity index (χ0n) is 47.7. The lowest BCUT2D eigenvalue weighted by Gasteiger charge is -2.64. The molecule has 7 fully saturated rings. The number of aliphatic hydroxyl groups excluding tert-OH is 10. The first-order chi connectivity index (χ1) is 38.6. The number of methoxy groups -OCH3 is 1. The minimum atomic E-state index is -1.98. The van der Waals surface area contributed by atoms with Crippen LogP contribution in [-0.4, -0.2) is 228 Å². The molecule has 4 saturated carbocycles. The highest BCUT2D eigenvalue weighted by Crippen LogP contribution is 2.74. The van der Waals surface area contributed by atoms with E-state index in [9.17, 15) is 70.6 Å². The van der Waals surface area contributed by atoms with Crippen molar-refractivity contribution < 1.29 is 109 Å². The van der Waals surface area contributed by atoms with Gasteiger partial charge in [-0.3, -0.25) is 14.4 Å². The number of nitrogens with one attached hydrogen (secondary N) is 1. The maximum absolute atomic E-state index is 15.9. The van der Waals surface area contributed by atoms with Crippen molar-refractivity contribution in [2.45, 2.75) is 221 Å². The van der Waals surface area contributed by atoms with Crippen LogP contribution in [0.4, 0.5) is 0 Å². The number of rotatable bonds is 20. The quantitative estimate of drug-likeness (QED) is 0.0447. The number of aliphatic hydroxyl groups is 10. The molecule has 3 saturated heterocycles. The molecule has 462 valence electrons. The number of amides is 2. The van der Waals surface area contributed by atoms with E-state index >= 15 is 4.79 Å². The molecule has 0 radical (unpaired) electrons. The molecule has 7 aliphatic rings. The second-order valence-electron chi connectivity index (χ2n) is 25.9. The van der Waals surface area contributed by atoms with E-state index in [2.05, 4.69) is 18.8 Å². The molecule has 24 heteroatoms. The van der Waals surface area contributed by atoms with Gasteiger partial charge in [0, 0.05) is 18.4 Å². The van der Waals surface area contributed by atoms with Crippen LogP contribution in [0.1, 0.15) is 111 Å². The van der Waals surface area contributed by atoms with E-state index in [1.807, 2.05) is 33.8 Å². The Morgan fingerprint density at radius 1 is 0.744 bits per heavy atom. The number of fused-ring (bicyclic) bond motifs is 3. The number of ether oxygens (including phenoxy) is 7. The fourth-order valence-corrected chi connectivity index (χ4v) is 15.2.